The second-order valence-corrected chi connectivity index (χ2v) is 6.17. The number of nitrogens with zero attached hydrogens (tertiary/aromatic N) is 4. The average molecular weight is 287 g/mol. The van der Waals surface area contributed by atoms with Crippen LogP contribution in [0.3, 0.4) is 0 Å². The lowest BCUT2D eigenvalue weighted by Gasteiger charge is -2.39. The number of aromatic amines is 1. The van der Waals surface area contributed by atoms with E-state index >= 15 is 0 Å². The third-order valence-corrected chi connectivity index (χ3v) is 4.26. The Kier molecular flexibility index (Phi) is 3.53. The van der Waals surface area contributed by atoms with Gasteiger partial charge in [-0.15, -0.1) is 0 Å². The lowest BCUT2D eigenvalue weighted by atomic mass is 9.79. The number of nitrogens with one attached hydrogen (secondary N) is 1. The minimum atomic E-state index is -0.0373. The Morgan fingerprint density at radius 3 is 3.05 bits per heavy atom. The molecule has 112 valence electrons. The van der Waals surface area contributed by atoms with Crippen molar-refractivity contribution < 1.29 is 4.79 Å². The fourth-order valence-corrected chi connectivity index (χ4v) is 3.06. The smallest absolute Gasteiger partial charge is 0.244 e. The summed E-state index contributed by atoms with van der Waals surface area (Å²) in [5.74, 6) is 0.128. The van der Waals surface area contributed by atoms with E-state index in [-0.39, 0.29) is 11.3 Å². The molecule has 0 radical (unpaired) electrons. The molecule has 1 amide bonds. The van der Waals surface area contributed by atoms with Crippen molar-refractivity contribution in [2.75, 3.05) is 13.1 Å². The van der Waals surface area contributed by atoms with Gasteiger partial charge in [0, 0.05) is 36.6 Å². The van der Waals surface area contributed by atoms with E-state index in [4.69, 9.17) is 0 Å². The fourth-order valence-electron chi connectivity index (χ4n) is 3.06. The molecule has 0 aliphatic carbocycles. The van der Waals surface area contributed by atoms with E-state index in [1.165, 1.54) is 0 Å². The lowest BCUT2D eigenvalue weighted by molar-refractivity contribution is -0.134. The molecule has 3 heterocycles. The number of likely N-dealkylation sites (tertiary alicyclic amines) is 1. The van der Waals surface area contributed by atoms with Gasteiger partial charge in [0.05, 0.1) is 6.20 Å². The topological polar surface area (TPSA) is 66.8 Å². The first kappa shape index (κ1) is 13.9. The SMILES string of the molecule is Cc1cnn(CC(=O)N2CCC[C@](C)(c3ccn[nH]3)C2)c1. The number of piperidine rings is 1. The molecule has 2 aromatic rings. The maximum absolute atomic E-state index is 12.5. The van der Waals surface area contributed by atoms with E-state index in [9.17, 15) is 4.79 Å². The zero-order valence-electron chi connectivity index (χ0n) is 12.5. The second kappa shape index (κ2) is 5.35. The Labute approximate surface area is 124 Å². The van der Waals surface area contributed by atoms with Gasteiger partial charge in [-0.2, -0.15) is 10.2 Å². The molecular formula is C15H21N5O. The molecule has 6 heteroatoms. The summed E-state index contributed by atoms with van der Waals surface area (Å²) in [5.41, 5.74) is 2.14. The number of aromatic nitrogens is 4. The molecule has 1 aliphatic rings. The molecule has 21 heavy (non-hydrogen) atoms. The molecule has 0 spiro atoms. The van der Waals surface area contributed by atoms with Gasteiger partial charge in [0.2, 0.25) is 5.91 Å². The Balaban J connectivity index is 1.69. The second-order valence-electron chi connectivity index (χ2n) is 6.17. The van der Waals surface area contributed by atoms with Gasteiger partial charge in [-0.25, -0.2) is 0 Å². The van der Waals surface area contributed by atoms with Crippen molar-refractivity contribution in [1.82, 2.24) is 24.9 Å². The van der Waals surface area contributed by atoms with Crippen molar-refractivity contribution in [2.24, 2.45) is 0 Å². The predicted molar refractivity (Wildman–Crippen MR) is 78.7 cm³/mol. The summed E-state index contributed by atoms with van der Waals surface area (Å²) in [7, 11) is 0. The number of aryl methyl sites for hydroxylation is 1. The fraction of sp³-hybridized carbons (Fsp3) is 0.533. The van der Waals surface area contributed by atoms with Crippen LogP contribution in [-0.2, 0) is 16.8 Å². The maximum Gasteiger partial charge on any atom is 0.244 e. The minimum Gasteiger partial charge on any atom is -0.340 e. The summed E-state index contributed by atoms with van der Waals surface area (Å²) in [6, 6.07) is 2.00. The van der Waals surface area contributed by atoms with E-state index in [1.54, 1.807) is 17.1 Å². The van der Waals surface area contributed by atoms with Gasteiger partial charge in [0.1, 0.15) is 6.54 Å². The van der Waals surface area contributed by atoms with Crippen molar-refractivity contribution in [2.45, 2.75) is 38.6 Å². The number of rotatable bonds is 3. The van der Waals surface area contributed by atoms with Crippen molar-refractivity contribution in [3.05, 3.63) is 35.9 Å². The van der Waals surface area contributed by atoms with Gasteiger partial charge in [-0.3, -0.25) is 14.6 Å². The van der Waals surface area contributed by atoms with Gasteiger partial charge in [0.15, 0.2) is 0 Å². The number of carbonyl (C=O) groups excluding carboxylic acids is 1. The molecule has 1 saturated heterocycles. The standard InChI is InChI=1S/C15H21N5O/c1-12-8-17-20(9-12)10-14(21)19-7-3-5-15(2,11-19)13-4-6-16-18-13/h4,6,8-9H,3,5,7,10-11H2,1-2H3,(H,16,18)/t15-/m0/s1. The van der Waals surface area contributed by atoms with Crippen molar-refractivity contribution in [1.29, 1.82) is 0 Å². The van der Waals surface area contributed by atoms with Crippen LogP contribution in [0.4, 0.5) is 0 Å². The number of H-pyrrole nitrogens is 1. The van der Waals surface area contributed by atoms with Crippen LogP contribution in [0.2, 0.25) is 0 Å². The van der Waals surface area contributed by atoms with Gasteiger partial charge in [-0.1, -0.05) is 6.92 Å². The largest absolute Gasteiger partial charge is 0.340 e. The molecule has 2 aromatic heterocycles. The van der Waals surface area contributed by atoms with E-state index in [0.29, 0.717) is 6.54 Å². The molecule has 1 fully saturated rings. The predicted octanol–water partition coefficient (Wildman–Crippen LogP) is 1.49. The van der Waals surface area contributed by atoms with Crippen LogP contribution in [0.5, 0.6) is 0 Å². The first-order valence-corrected chi connectivity index (χ1v) is 7.33. The summed E-state index contributed by atoms with van der Waals surface area (Å²) in [6.07, 6.45) is 7.53. The highest BCUT2D eigenvalue weighted by Crippen LogP contribution is 2.32. The van der Waals surface area contributed by atoms with Gasteiger partial charge >= 0.3 is 0 Å². The number of hydrogen-bond donors (Lipinski definition) is 1. The van der Waals surface area contributed by atoms with Crippen molar-refractivity contribution in [3.8, 4) is 0 Å². The van der Waals surface area contributed by atoms with Gasteiger partial charge in [-0.05, 0) is 31.4 Å². The zero-order chi connectivity index (χ0) is 14.9. The number of amides is 1. The highest BCUT2D eigenvalue weighted by Gasteiger charge is 2.35. The summed E-state index contributed by atoms with van der Waals surface area (Å²) in [5, 5.41) is 11.3. The van der Waals surface area contributed by atoms with Crippen LogP contribution in [0, 0.1) is 6.92 Å². The molecule has 3 rings (SSSR count). The molecule has 6 nitrogen and oxygen atoms in total. The van der Waals surface area contributed by atoms with Gasteiger partial charge in [0.25, 0.3) is 0 Å². The molecule has 1 atom stereocenters. The Morgan fingerprint density at radius 1 is 1.52 bits per heavy atom. The monoisotopic (exact) mass is 287 g/mol. The molecule has 0 unspecified atom stereocenters. The Hall–Kier alpha value is -2.11. The molecule has 0 aromatic carbocycles. The summed E-state index contributed by atoms with van der Waals surface area (Å²) in [4.78, 5) is 14.4. The molecule has 0 saturated carbocycles. The molecule has 1 N–H and O–H groups in total. The van der Waals surface area contributed by atoms with Crippen LogP contribution >= 0.6 is 0 Å². The Bertz CT molecular complexity index is 618. The summed E-state index contributed by atoms with van der Waals surface area (Å²) < 4.78 is 1.71. The van der Waals surface area contributed by atoms with E-state index in [0.717, 1.165) is 37.2 Å². The van der Waals surface area contributed by atoms with Crippen LogP contribution in [0.15, 0.2) is 24.7 Å². The summed E-state index contributed by atoms with van der Waals surface area (Å²) >= 11 is 0. The number of carbonyl (C=O) groups is 1. The normalized spacial score (nSPS) is 22.5. The van der Waals surface area contributed by atoms with Crippen LogP contribution < -0.4 is 0 Å². The number of hydrogen-bond acceptors (Lipinski definition) is 3. The minimum absolute atomic E-state index is 0.0373. The van der Waals surface area contributed by atoms with Crippen molar-refractivity contribution >= 4 is 5.91 Å². The third-order valence-electron chi connectivity index (χ3n) is 4.26. The molecule has 1 aliphatic heterocycles. The van der Waals surface area contributed by atoms with Crippen LogP contribution in [0.25, 0.3) is 0 Å². The van der Waals surface area contributed by atoms with Crippen LogP contribution in [0.1, 0.15) is 31.0 Å². The average Bonchev–Trinajstić information content (AvgIpc) is 3.11. The van der Waals surface area contributed by atoms with E-state index < -0.39 is 0 Å². The highest BCUT2D eigenvalue weighted by atomic mass is 16.2. The maximum atomic E-state index is 12.5. The molecular weight excluding hydrogens is 266 g/mol. The zero-order valence-corrected chi connectivity index (χ0v) is 12.5. The van der Waals surface area contributed by atoms with Gasteiger partial charge < -0.3 is 4.90 Å². The lowest BCUT2D eigenvalue weighted by Crippen LogP contribution is -2.48. The molecule has 0 bridgehead atoms. The first-order chi connectivity index (χ1) is 10.1. The van der Waals surface area contributed by atoms with Crippen LogP contribution in [-0.4, -0.2) is 43.9 Å². The first-order valence-electron chi connectivity index (χ1n) is 7.33. The highest BCUT2D eigenvalue weighted by molar-refractivity contribution is 5.76. The summed E-state index contributed by atoms with van der Waals surface area (Å²) in [6.45, 7) is 6.03. The van der Waals surface area contributed by atoms with E-state index in [2.05, 4.69) is 22.2 Å². The third kappa shape index (κ3) is 2.84. The quantitative estimate of drug-likeness (QED) is 0.930. The van der Waals surface area contributed by atoms with E-state index in [1.807, 2.05) is 24.1 Å². The van der Waals surface area contributed by atoms with Crippen molar-refractivity contribution in [3.63, 3.8) is 0 Å². The Morgan fingerprint density at radius 2 is 2.38 bits per heavy atom.